The summed E-state index contributed by atoms with van der Waals surface area (Å²) in [5, 5.41) is 2.07. The predicted molar refractivity (Wildman–Crippen MR) is 102 cm³/mol. The first-order valence-electron chi connectivity index (χ1n) is 9.07. The van der Waals surface area contributed by atoms with Crippen molar-refractivity contribution in [2.24, 2.45) is 0 Å². The van der Waals surface area contributed by atoms with E-state index >= 15 is 0 Å². The number of aromatic nitrogens is 2. The van der Waals surface area contributed by atoms with Gasteiger partial charge in [-0.2, -0.15) is 0 Å². The second-order valence-corrected chi connectivity index (χ2v) is 7.76. The van der Waals surface area contributed by atoms with E-state index in [2.05, 4.69) is 35.5 Å². The van der Waals surface area contributed by atoms with Crippen molar-refractivity contribution >= 4 is 22.9 Å². The fourth-order valence-corrected chi connectivity index (χ4v) is 4.35. The Bertz CT molecular complexity index is 883. The van der Waals surface area contributed by atoms with Crippen molar-refractivity contribution in [1.82, 2.24) is 14.3 Å². The molecule has 0 atom stereocenters. The van der Waals surface area contributed by atoms with Crippen molar-refractivity contribution in [1.29, 1.82) is 0 Å². The summed E-state index contributed by atoms with van der Waals surface area (Å²) in [6.45, 7) is 3.83. The molecule has 4 heterocycles. The minimum atomic E-state index is -0.333. The van der Waals surface area contributed by atoms with Crippen LogP contribution in [0.15, 0.2) is 48.2 Å². The number of fused-ring (bicyclic) bond motifs is 1. The van der Waals surface area contributed by atoms with Crippen molar-refractivity contribution in [3.63, 3.8) is 0 Å². The van der Waals surface area contributed by atoms with Gasteiger partial charge in [0.2, 0.25) is 5.91 Å². The lowest BCUT2D eigenvalue weighted by atomic mass is 9.91. The SMILES string of the molecule is CCCCC(=O)N(Cc1ccn2ccnc2c1)C1(c2cccs2)COC1. The van der Waals surface area contributed by atoms with E-state index in [1.807, 2.05) is 27.8 Å². The van der Waals surface area contributed by atoms with Gasteiger partial charge in [-0.25, -0.2) is 4.98 Å². The number of hydrogen-bond donors (Lipinski definition) is 0. The lowest BCUT2D eigenvalue weighted by molar-refractivity contribution is -0.172. The van der Waals surface area contributed by atoms with Gasteiger partial charge in [0.05, 0.1) is 13.2 Å². The van der Waals surface area contributed by atoms with E-state index in [4.69, 9.17) is 4.74 Å². The first kappa shape index (κ1) is 17.2. The van der Waals surface area contributed by atoms with Crippen LogP contribution < -0.4 is 0 Å². The van der Waals surface area contributed by atoms with Crippen LogP contribution in [0.4, 0.5) is 0 Å². The van der Waals surface area contributed by atoms with Crippen molar-refractivity contribution in [2.75, 3.05) is 13.2 Å². The minimum absolute atomic E-state index is 0.201. The molecule has 0 N–H and O–H groups in total. The largest absolute Gasteiger partial charge is 0.376 e. The van der Waals surface area contributed by atoms with Crippen LogP contribution in [0.3, 0.4) is 0 Å². The molecule has 1 amide bonds. The molecule has 1 aliphatic heterocycles. The molecule has 4 rings (SSSR count). The molecule has 5 nitrogen and oxygen atoms in total. The van der Waals surface area contributed by atoms with Crippen LogP contribution in [0.5, 0.6) is 0 Å². The lowest BCUT2D eigenvalue weighted by Gasteiger charge is -2.49. The minimum Gasteiger partial charge on any atom is -0.376 e. The highest BCUT2D eigenvalue weighted by Crippen LogP contribution is 2.40. The molecule has 0 radical (unpaired) electrons. The third-order valence-electron chi connectivity index (χ3n) is 5.03. The summed E-state index contributed by atoms with van der Waals surface area (Å²) in [5.41, 5.74) is 1.66. The van der Waals surface area contributed by atoms with Gasteiger partial charge in [-0.1, -0.05) is 19.4 Å². The molecule has 0 spiro atoms. The highest BCUT2D eigenvalue weighted by atomic mass is 32.1. The van der Waals surface area contributed by atoms with E-state index in [1.54, 1.807) is 17.5 Å². The van der Waals surface area contributed by atoms with Gasteiger partial charge in [0.25, 0.3) is 0 Å². The number of imidazole rings is 1. The molecule has 0 bridgehead atoms. The second kappa shape index (κ2) is 7.21. The molecular weight excluding hydrogens is 346 g/mol. The van der Waals surface area contributed by atoms with Crippen LogP contribution in [0.1, 0.15) is 36.6 Å². The summed E-state index contributed by atoms with van der Waals surface area (Å²) in [6.07, 6.45) is 8.22. The topological polar surface area (TPSA) is 46.8 Å². The Balaban J connectivity index is 1.67. The first-order chi connectivity index (χ1) is 12.7. The average Bonchev–Trinajstić information content (AvgIpc) is 3.29. The Hall–Kier alpha value is -2.18. The molecule has 1 saturated heterocycles. The quantitative estimate of drug-likeness (QED) is 0.636. The van der Waals surface area contributed by atoms with Crippen LogP contribution in [0.2, 0.25) is 0 Å². The summed E-state index contributed by atoms with van der Waals surface area (Å²) in [6, 6.07) is 8.29. The zero-order valence-electron chi connectivity index (χ0n) is 14.9. The Morgan fingerprint density at radius 2 is 2.27 bits per heavy atom. The zero-order valence-corrected chi connectivity index (χ0v) is 15.7. The van der Waals surface area contributed by atoms with E-state index in [0.29, 0.717) is 26.2 Å². The van der Waals surface area contributed by atoms with Crippen molar-refractivity contribution in [2.45, 2.75) is 38.3 Å². The van der Waals surface area contributed by atoms with Crippen molar-refractivity contribution in [3.8, 4) is 0 Å². The smallest absolute Gasteiger partial charge is 0.223 e. The Labute approximate surface area is 157 Å². The molecule has 0 aliphatic carbocycles. The van der Waals surface area contributed by atoms with Crippen LogP contribution in [-0.2, 0) is 21.6 Å². The number of rotatable bonds is 7. The number of ether oxygens (including phenoxy) is 1. The third-order valence-corrected chi connectivity index (χ3v) is 6.09. The standard InChI is InChI=1S/C20H23N3O2S/c1-2-3-6-19(24)23(20(14-25-15-20)17-5-4-11-26-17)13-16-7-9-22-10-8-21-18(22)12-16/h4-5,7-12H,2-3,6,13-15H2,1H3. The van der Waals surface area contributed by atoms with Gasteiger partial charge in [-0.05, 0) is 35.6 Å². The number of hydrogen-bond acceptors (Lipinski definition) is 4. The molecule has 1 aliphatic rings. The predicted octanol–water partition coefficient (Wildman–Crippen LogP) is 3.84. The van der Waals surface area contributed by atoms with Crippen LogP contribution >= 0.6 is 11.3 Å². The molecule has 3 aromatic heterocycles. The highest BCUT2D eigenvalue weighted by molar-refractivity contribution is 7.10. The summed E-state index contributed by atoms with van der Waals surface area (Å²) in [5.74, 6) is 0.201. The van der Waals surface area contributed by atoms with Gasteiger partial charge in [-0.15, -0.1) is 11.3 Å². The molecule has 0 unspecified atom stereocenters. The monoisotopic (exact) mass is 369 g/mol. The average molecular weight is 369 g/mol. The summed E-state index contributed by atoms with van der Waals surface area (Å²) < 4.78 is 7.57. The Kier molecular flexibility index (Phi) is 4.78. The van der Waals surface area contributed by atoms with E-state index in [9.17, 15) is 4.79 Å². The molecular formula is C20H23N3O2S. The summed E-state index contributed by atoms with van der Waals surface area (Å²) in [7, 11) is 0. The maximum Gasteiger partial charge on any atom is 0.223 e. The van der Waals surface area contributed by atoms with Gasteiger partial charge in [0, 0.05) is 36.4 Å². The Morgan fingerprint density at radius 1 is 1.38 bits per heavy atom. The van der Waals surface area contributed by atoms with Crippen molar-refractivity contribution in [3.05, 3.63) is 58.7 Å². The van der Waals surface area contributed by atoms with Crippen LogP contribution in [0, 0.1) is 0 Å². The number of thiophene rings is 1. The fourth-order valence-electron chi connectivity index (χ4n) is 3.44. The van der Waals surface area contributed by atoms with E-state index in [-0.39, 0.29) is 11.4 Å². The van der Waals surface area contributed by atoms with Crippen LogP contribution in [-0.4, -0.2) is 33.4 Å². The second-order valence-electron chi connectivity index (χ2n) is 6.81. The molecule has 6 heteroatoms. The number of pyridine rings is 1. The van der Waals surface area contributed by atoms with E-state index < -0.39 is 0 Å². The molecule has 0 saturated carbocycles. The molecule has 136 valence electrons. The summed E-state index contributed by atoms with van der Waals surface area (Å²) in [4.78, 5) is 20.7. The third kappa shape index (κ3) is 3.04. The van der Waals surface area contributed by atoms with E-state index in [1.165, 1.54) is 4.88 Å². The Morgan fingerprint density at radius 3 is 2.96 bits per heavy atom. The van der Waals surface area contributed by atoms with Gasteiger partial charge < -0.3 is 14.0 Å². The van der Waals surface area contributed by atoms with Crippen LogP contribution in [0.25, 0.3) is 5.65 Å². The first-order valence-corrected chi connectivity index (χ1v) is 9.95. The van der Waals surface area contributed by atoms with Gasteiger partial charge in [0.15, 0.2) is 0 Å². The van der Waals surface area contributed by atoms with Crippen molar-refractivity contribution < 1.29 is 9.53 Å². The maximum atomic E-state index is 13.1. The number of amides is 1. The number of unbranched alkanes of at least 4 members (excludes halogenated alkanes) is 1. The normalized spacial score (nSPS) is 15.7. The number of nitrogens with zero attached hydrogens (tertiary/aromatic N) is 3. The molecule has 1 fully saturated rings. The number of carbonyl (C=O) groups is 1. The molecule has 0 aromatic carbocycles. The maximum absolute atomic E-state index is 13.1. The lowest BCUT2D eigenvalue weighted by Crippen LogP contribution is -2.60. The zero-order chi connectivity index (χ0) is 18.0. The fraction of sp³-hybridized carbons (Fsp3) is 0.400. The molecule has 26 heavy (non-hydrogen) atoms. The summed E-state index contributed by atoms with van der Waals surface area (Å²) >= 11 is 1.70. The number of carbonyl (C=O) groups excluding carboxylic acids is 1. The highest BCUT2D eigenvalue weighted by Gasteiger charge is 2.48. The van der Waals surface area contributed by atoms with E-state index in [0.717, 1.165) is 24.1 Å². The molecule has 3 aromatic rings. The van der Waals surface area contributed by atoms with Gasteiger partial charge in [0.1, 0.15) is 11.2 Å². The van der Waals surface area contributed by atoms with Gasteiger partial charge >= 0.3 is 0 Å². The van der Waals surface area contributed by atoms with Gasteiger partial charge in [-0.3, -0.25) is 4.79 Å².